The first-order chi connectivity index (χ1) is 18.9. The first-order valence-electron chi connectivity index (χ1n) is 13.6. The van der Waals surface area contributed by atoms with E-state index in [4.69, 9.17) is 10.5 Å². The molecular formula is C26H39F3N6O4S. The van der Waals surface area contributed by atoms with Gasteiger partial charge in [-0.1, -0.05) is 6.92 Å². The van der Waals surface area contributed by atoms with Crippen molar-refractivity contribution in [2.45, 2.75) is 89.0 Å². The van der Waals surface area contributed by atoms with E-state index in [1.165, 1.54) is 24.5 Å². The third-order valence-corrected chi connectivity index (χ3v) is 9.26. The fraction of sp³-hybridized carbons (Fsp3) is 0.692. The highest BCUT2D eigenvalue weighted by Crippen LogP contribution is 2.34. The van der Waals surface area contributed by atoms with E-state index < -0.39 is 34.5 Å². The number of nitrogens with one attached hydrogen (secondary N) is 1. The molecule has 1 aliphatic heterocycles. The predicted molar refractivity (Wildman–Crippen MR) is 146 cm³/mol. The van der Waals surface area contributed by atoms with Gasteiger partial charge in [-0.25, -0.2) is 18.4 Å². The van der Waals surface area contributed by atoms with Gasteiger partial charge in [0.15, 0.2) is 0 Å². The molecule has 0 bridgehead atoms. The molecule has 0 spiro atoms. The number of piperidine rings is 1. The predicted octanol–water partition coefficient (Wildman–Crippen LogP) is 4.12. The molecule has 0 unspecified atom stereocenters. The van der Waals surface area contributed by atoms with E-state index in [0.717, 1.165) is 24.6 Å². The van der Waals surface area contributed by atoms with Crippen LogP contribution in [0.25, 0.3) is 0 Å². The first-order valence-corrected chi connectivity index (χ1v) is 15.0. The molecule has 1 aliphatic carbocycles. The van der Waals surface area contributed by atoms with Crippen molar-refractivity contribution >= 4 is 28.2 Å². The van der Waals surface area contributed by atoms with Crippen molar-refractivity contribution in [3.8, 4) is 0 Å². The van der Waals surface area contributed by atoms with Gasteiger partial charge in [0.2, 0.25) is 16.0 Å². The Kier molecular flexibility index (Phi) is 11.3. The molecular weight excluding hydrogens is 549 g/mol. The fourth-order valence-electron chi connectivity index (χ4n) is 5.14. The van der Waals surface area contributed by atoms with Gasteiger partial charge >= 0.3 is 12.1 Å². The van der Waals surface area contributed by atoms with Gasteiger partial charge in [0.05, 0.1) is 0 Å². The number of sulfonamides is 1. The zero-order chi connectivity index (χ0) is 29.3. The number of nitrogens with zero attached hydrogens (tertiary/aromatic N) is 4. The van der Waals surface area contributed by atoms with Crippen LogP contribution in [-0.2, 0) is 19.6 Å². The highest BCUT2D eigenvalue weighted by atomic mass is 32.2. The SMILES string of the molecule is CN=C/C(=C\N)S(=O)(=O)N1CCC(Nc2ncc(C3CCC(OC(=O)CC[C@@H](C)CC(F)(F)F)CC3)cn2)CC1. The van der Waals surface area contributed by atoms with Crippen molar-refractivity contribution in [1.82, 2.24) is 14.3 Å². The minimum absolute atomic E-state index is 0.00617. The molecule has 1 aromatic heterocycles. The Labute approximate surface area is 233 Å². The molecule has 224 valence electrons. The smallest absolute Gasteiger partial charge is 0.389 e. The molecule has 0 radical (unpaired) electrons. The number of carbonyl (C=O) groups is 1. The lowest BCUT2D eigenvalue weighted by molar-refractivity contribution is -0.154. The number of hydrogen-bond acceptors (Lipinski definition) is 9. The molecule has 10 nitrogen and oxygen atoms in total. The summed E-state index contributed by atoms with van der Waals surface area (Å²) >= 11 is 0. The number of rotatable bonds is 11. The quantitative estimate of drug-likeness (QED) is 0.291. The van der Waals surface area contributed by atoms with Crippen molar-refractivity contribution in [2.24, 2.45) is 16.6 Å². The maximum absolute atomic E-state index is 12.7. The van der Waals surface area contributed by atoms with Crippen LogP contribution in [0.4, 0.5) is 19.1 Å². The average Bonchev–Trinajstić information content (AvgIpc) is 2.91. The van der Waals surface area contributed by atoms with Gasteiger partial charge in [-0.15, -0.1) is 0 Å². The lowest BCUT2D eigenvalue weighted by Gasteiger charge is -2.31. The standard InChI is InChI=1S/C26H39F3N6O4S/c1-18(13-26(27,28)29)3-8-24(36)39-22-6-4-19(5-7-22)20-15-32-25(33-16-20)34-21-9-11-35(12-10-21)40(37,38)23(14-30)17-31-2/h14-19,21-22H,3-13,30H2,1-2H3,(H,32,33,34)/b23-14+,31-17?/t18-,19?,22?/m1/s1. The lowest BCUT2D eigenvalue weighted by atomic mass is 9.84. The number of aliphatic imine (C=N–C) groups is 1. The number of ether oxygens (including phenoxy) is 1. The number of nitrogens with two attached hydrogens (primary N) is 1. The number of alkyl halides is 3. The maximum atomic E-state index is 12.7. The maximum Gasteiger partial charge on any atom is 0.389 e. The molecule has 3 N–H and O–H groups in total. The Bertz CT molecular complexity index is 1130. The first kappa shape index (κ1) is 31.8. The topological polar surface area (TPSA) is 140 Å². The molecule has 1 saturated carbocycles. The van der Waals surface area contributed by atoms with Crippen LogP contribution in [0, 0.1) is 5.92 Å². The van der Waals surface area contributed by atoms with Gasteiger partial charge in [0.1, 0.15) is 11.0 Å². The molecule has 1 aromatic rings. The summed E-state index contributed by atoms with van der Waals surface area (Å²) in [7, 11) is -2.19. The molecule has 1 saturated heterocycles. The van der Waals surface area contributed by atoms with Crippen LogP contribution >= 0.6 is 0 Å². The van der Waals surface area contributed by atoms with Crippen LogP contribution in [0.5, 0.6) is 0 Å². The molecule has 2 aliphatic rings. The van der Waals surface area contributed by atoms with E-state index in [1.54, 1.807) is 12.4 Å². The molecule has 2 fully saturated rings. The highest BCUT2D eigenvalue weighted by molar-refractivity contribution is 7.93. The molecule has 0 amide bonds. The van der Waals surface area contributed by atoms with Crippen molar-refractivity contribution in [3.05, 3.63) is 29.1 Å². The fourth-order valence-corrected chi connectivity index (χ4v) is 6.54. The second kappa shape index (κ2) is 14.2. The van der Waals surface area contributed by atoms with Crippen molar-refractivity contribution in [1.29, 1.82) is 0 Å². The van der Waals surface area contributed by atoms with Crippen LogP contribution in [0.2, 0.25) is 0 Å². The summed E-state index contributed by atoms with van der Waals surface area (Å²) in [5, 5.41) is 3.28. The summed E-state index contributed by atoms with van der Waals surface area (Å²) in [6.07, 6.45) is 4.83. The summed E-state index contributed by atoms with van der Waals surface area (Å²) in [5.41, 5.74) is 6.47. The monoisotopic (exact) mass is 588 g/mol. The number of esters is 1. The zero-order valence-corrected chi connectivity index (χ0v) is 23.8. The van der Waals surface area contributed by atoms with Gasteiger partial charge in [-0.05, 0) is 62.3 Å². The molecule has 14 heteroatoms. The Hall–Kier alpha value is -2.74. The Morgan fingerprint density at radius 2 is 1.82 bits per heavy atom. The number of anilines is 1. The van der Waals surface area contributed by atoms with Crippen molar-refractivity contribution in [3.63, 3.8) is 0 Å². The molecule has 1 atom stereocenters. The highest BCUT2D eigenvalue weighted by Gasteiger charge is 2.32. The van der Waals surface area contributed by atoms with E-state index in [9.17, 15) is 26.4 Å². The normalized spacial score (nSPS) is 22.8. The van der Waals surface area contributed by atoms with Crippen molar-refractivity contribution in [2.75, 3.05) is 25.5 Å². The Balaban J connectivity index is 1.40. The molecule has 2 heterocycles. The van der Waals surface area contributed by atoms with Gasteiger partial charge in [-0.3, -0.25) is 9.79 Å². The lowest BCUT2D eigenvalue weighted by Crippen LogP contribution is -2.43. The third-order valence-electron chi connectivity index (χ3n) is 7.38. The van der Waals surface area contributed by atoms with Crippen LogP contribution in [-0.4, -0.2) is 73.3 Å². The third kappa shape index (κ3) is 9.43. The average molecular weight is 589 g/mol. The van der Waals surface area contributed by atoms with Crippen molar-refractivity contribution < 1.29 is 31.1 Å². The van der Waals surface area contributed by atoms with Crippen LogP contribution < -0.4 is 11.1 Å². The number of aromatic nitrogens is 2. The number of allylic oxidation sites excluding steroid dienone is 1. The second-order valence-electron chi connectivity index (χ2n) is 10.5. The summed E-state index contributed by atoms with van der Waals surface area (Å²) in [4.78, 5) is 24.7. The molecule has 0 aromatic carbocycles. The van der Waals surface area contributed by atoms with Gasteiger partial charge in [0, 0.05) is 63.8 Å². The van der Waals surface area contributed by atoms with Crippen LogP contribution in [0.3, 0.4) is 0 Å². The van der Waals surface area contributed by atoms with E-state index in [2.05, 4.69) is 20.3 Å². The molecule has 3 rings (SSSR count). The summed E-state index contributed by atoms with van der Waals surface area (Å²) in [6.45, 7) is 2.17. The number of carbonyl (C=O) groups excluding carboxylic acids is 1. The van der Waals surface area contributed by atoms with E-state index in [0.29, 0.717) is 44.7 Å². The van der Waals surface area contributed by atoms with E-state index >= 15 is 0 Å². The Morgan fingerprint density at radius 3 is 2.38 bits per heavy atom. The minimum atomic E-state index is -4.22. The van der Waals surface area contributed by atoms with Gasteiger partial charge in [0.25, 0.3) is 0 Å². The second-order valence-corrected chi connectivity index (χ2v) is 12.5. The molecule has 40 heavy (non-hydrogen) atoms. The largest absolute Gasteiger partial charge is 0.462 e. The summed E-state index contributed by atoms with van der Waals surface area (Å²) in [5.74, 6) is -0.336. The number of halogens is 3. The van der Waals surface area contributed by atoms with Gasteiger partial charge < -0.3 is 15.8 Å². The summed E-state index contributed by atoms with van der Waals surface area (Å²) < 4.78 is 69.7. The van der Waals surface area contributed by atoms with E-state index in [-0.39, 0.29) is 35.8 Å². The van der Waals surface area contributed by atoms with Gasteiger partial charge in [-0.2, -0.15) is 17.5 Å². The van der Waals surface area contributed by atoms with Crippen LogP contribution in [0.15, 0.2) is 28.5 Å². The Morgan fingerprint density at radius 1 is 1.20 bits per heavy atom. The van der Waals surface area contributed by atoms with E-state index in [1.807, 2.05) is 0 Å². The zero-order valence-electron chi connectivity index (χ0n) is 22.9. The number of hydrogen-bond donors (Lipinski definition) is 2. The summed E-state index contributed by atoms with van der Waals surface area (Å²) in [6, 6.07) is 0.0315. The minimum Gasteiger partial charge on any atom is -0.462 e. The van der Waals surface area contributed by atoms with Crippen LogP contribution in [0.1, 0.15) is 76.2 Å².